The van der Waals surface area contributed by atoms with Crippen LogP contribution in [0.3, 0.4) is 0 Å². The second-order valence-electron chi connectivity index (χ2n) is 7.75. The number of anilines is 1. The third-order valence-corrected chi connectivity index (χ3v) is 5.92. The molecule has 0 aliphatic carbocycles. The van der Waals surface area contributed by atoms with Crippen LogP contribution in [0.15, 0.2) is 42.5 Å². The Bertz CT molecular complexity index is 781. The van der Waals surface area contributed by atoms with Crippen molar-refractivity contribution in [3.8, 4) is 0 Å². The Hall–Kier alpha value is -2.51. The molecular weight excluding hydrogens is 364 g/mol. The number of hydrogen-bond donors (Lipinski definition) is 0. The first-order valence-electron chi connectivity index (χ1n) is 10.6. The Morgan fingerprint density at radius 2 is 1.52 bits per heavy atom. The van der Waals surface area contributed by atoms with E-state index in [1.54, 1.807) is 0 Å². The zero-order valence-corrected chi connectivity index (χ0v) is 17.2. The zero-order valence-electron chi connectivity index (χ0n) is 17.2. The highest BCUT2D eigenvalue weighted by Crippen LogP contribution is 2.15. The van der Waals surface area contributed by atoms with Gasteiger partial charge in [0.1, 0.15) is 0 Å². The lowest BCUT2D eigenvalue weighted by molar-refractivity contribution is 0.0636. The third-order valence-electron chi connectivity index (χ3n) is 5.92. The van der Waals surface area contributed by atoms with Gasteiger partial charge < -0.3 is 14.7 Å². The molecule has 7 nitrogen and oxygen atoms in total. The molecule has 29 heavy (non-hydrogen) atoms. The third kappa shape index (κ3) is 4.92. The molecule has 4 rings (SSSR count). The molecular formula is C22H30N6O. The van der Waals surface area contributed by atoms with Gasteiger partial charge in [-0.25, -0.2) is 0 Å². The Labute approximate surface area is 172 Å². The molecule has 2 aliphatic rings. The normalized spacial score (nSPS) is 18.8. The fourth-order valence-corrected chi connectivity index (χ4v) is 4.01. The van der Waals surface area contributed by atoms with Gasteiger partial charge in [0.15, 0.2) is 11.5 Å². The standard InChI is InChI=1S/C22H30N6O/c1-2-25-10-16-28(17-11-25)22(29)20-8-9-21(24-23-20)27-14-12-26(13-15-27)18-19-6-4-3-5-7-19/h3-9H,2,10-18H2,1H3. The van der Waals surface area contributed by atoms with Crippen molar-refractivity contribution in [3.63, 3.8) is 0 Å². The largest absolute Gasteiger partial charge is 0.353 e. The molecule has 1 amide bonds. The quantitative estimate of drug-likeness (QED) is 0.768. The number of nitrogens with zero attached hydrogens (tertiary/aromatic N) is 6. The Morgan fingerprint density at radius 3 is 2.14 bits per heavy atom. The van der Waals surface area contributed by atoms with Crippen LogP contribution in [0, 0.1) is 0 Å². The van der Waals surface area contributed by atoms with Gasteiger partial charge in [-0.2, -0.15) is 0 Å². The van der Waals surface area contributed by atoms with Crippen LogP contribution >= 0.6 is 0 Å². The summed E-state index contributed by atoms with van der Waals surface area (Å²) in [5.41, 5.74) is 1.80. The van der Waals surface area contributed by atoms with E-state index in [4.69, 9.17) is 0 Å². The molecule has 7 heteroatoms. The second kappa shape index (κ2) is 9.33. The highest BCUT2D eigenvalue weighted by atomic mass is 16.2. The molecule has 0 atom stereocenters. The van der Waals surface area contributed by atoms with Gasteiger partial charge in [-0.3, -0.25) is 9.69 Å². The van der Waals surface area contributed by atoms with Gasteiger partial charge in [0.2, 0.25) is 0 Å². The van der Waals surface area contributed by atoms with Gasteiger partial charge in [-0.1, -0.05) is 37.3 Å². The lowest BCUT2D eigenvalue weighted by atomic mass is 10.2. The van der Waals surface area contributed by atoms with E-state index in [1.807, 2.05) is 17.0 Å². The van der Waals surface area contributed by atoms with Crippen molar-refractivity contribution in [2.75, 3.05) is 63.8 Å². The summed E-state index contributed by atoms with van der Waals surface area (Å²) in [4.78, 5) is 21.6. The van der Waals surface area contributed by atoms with E-state index in [1.165, 1.54) is 5.56 Å². The summed E-state index contributed by atoms with van der Waals surface area (Å²) >= 11 is 0. The van der Waals surface area contributed by atoms with Gasteiger partial charge in [0.25, 0.3) is 5.91 Å². The van der Waals surface area contributed by atoms with Crippen molar-refractivity contribution in [2.24, 2.45) is 0 Å². The minimum Gasteiger partial charge on any atom is -0.353 e. The van der Waals surface area contributed by atoms with Crippen LogP contribution in [-0.2, 0) is 6.54 Å². The summed E-state index contributed by atoms with van der Waals surface area (Å²) in [6, 6.07) is 14.4. The number of carbonyl (C=O) groups excluding carboxylic acids is 1. The first-order chi connectivity index (χ1) is 14.2. The molecule has 0 unspecified atom stereocenters. The first-order valence-corrected chi connectivity index (χ1v) is 10.6. The second-order valence-corrected chi connectivity index (χ2v) is 7.75. The van der Waals surface area contributed by atoms with E-state index in [-0.39, 0.29) is 5.91 Å². The number of aromatic nitrogens is 2. The zero-order chi connectivity index (χ0) is 20.1. The average molecular weight is 395 g/mol. The Balaban J connectivity index is 1.29. The summed E-state index contributed by atoms with van der Waals surface area (Å²) in [6.45, 7) is 11.4. The summed E-state index contributed by atoms with van der Waals surface area (Å²) in [6.07, 6.45) is 0. The highest BCUT2D eigenvalue weighted by molar-refractivity contribution is 5.92. The van der Waals surface area contributed by atoms with Gasteiger partial charge in [-0.15, -0.1) is 10.2 Å². The summed E-state index contributed by atoms with van der Waals surface area (Å²) in [5.74, 6) is 0.851. The van der Waals surface area contributed by atoms with Crippen LogP contribution in [0.25, 0.3) is 0 Å². The molecule has 2 aliphatic heterocycles. The van der Waals surface area contributed by atoms with E-state index in [0.717, 1.165) is 71.3 Å². The maximum absolute atomic E-state index is 12.7. The molecule has 3 heterocycles. The van der Waals surface area contributed by atoms with Gasteiger partial charge in [0.05, 0.1) is 0 Å². The number of rotatable bonds is 5. The Kier molecular flexibility index (Phi) is 6.36. The molecule has 2 fully saturated rings. The minimum absolute atomic E-state index is 0.00696. The van der Waals surface area contributed by atoms with E-state index in [9.17, 15) is 4.79 Å². The minimum atomic E-state index is -0.00696. The highest BCUT2D eigenvalue weighted by Gasteiger charge is 2.23. The van der Waals surface area contributed by atoms with Crippen LogP contribution < -0.4 is 4.90 Å². The predicted octanol–water partition coefficient (Wildman–Crippen LogP) is 1.58. The van der Waals surface area contributed by atoms with Crippen molar-refractivity contribution in [1.82, 2.24) is 24.9 Å². The summed E-state index contributed by atoms with van der Waals surface area (Å²) in [5, 5.41) is 8.60. The molecule has 154 valence electrons. The number of carbonyl (C=O) groups is 1. The van der Waals surface area contributed by atoms with Crippen LogP contribution in [0.4, 0.5) is 5.82 Å². The lowest BCUT2D eigenvalue weighted by Crippen LogP contribution is -2.48. The molecule has 1 aromatic carbocycles. The van der Waals surface area contributed by atoms with Crippen LogP contribution in [0.1, 0.15) is 23.0 Å². The topological polar surface area (TPSA) is 55.8 Å². The van der Waals surface area contributed by atoms with Crippen LogP contribution in [-0.4, -0.2) is 89.7 Å². The molecule has 0 radical (unpaired) electrons. The van der Waals surface area contributed by atoms with Crippen LogP contribution in [0.5, 0.6) is 0 Å². The number of amides is 1. The molecule has 2 aromatic rings. The average Bonchev–Trinajstić information content (AvgIpc) is 2.80. The molecule has 0 N–H and O–H groups in total. The maximum Gasteiger partial charge on any atom is 0.274 e. The van der Waals surface area contributed by atoms with E-state index in [2.05, 4.69) is 62.2 Å². The van der Waals surface area contributed by atoms with Crippen molar-refractivity contribution in [3.05, 3.63) is 53.7 Å². The van der Waals surface area contributed by atoms with E-state index in [0.29, 0.717) is 5.69 Å². The molecule has 0 spiro atoms. The van der Waals surface area contributed by atoms with Crippen molar-refractivity contribution < 1.29 is 4.79 Å². The predicted molar refractivity (Wildman–Crippen MR) is 114 cm³/mol. The van der Waals surface area contributed by atoms with E-state index >= 15 is 0 Å². The smallest absolute Gasteiger partial charge is 0.274 e. The van der Waals surface area contributed by atoms with Gasteiger partial charge in [-0.05, 0) is 24.2 Å². The molecule has 2 saturated heterocycles. The molecule has 0 saturated carbocycles. The van der Waals surface area contributed by atoms with Gasteiger partial charge in [0, 0.05) is 58.9 Å². The number of likely N-dealkylation sites (N-methyl/N-ethyl adjacent to an activating group) is 1. The first kappa shape index (κ1) is 19.8. The molecule has 1 aromatic heterocycles. The fraction of sp³-hybridized carbons (Fsp3) is 0.500. The van der Waals surface area contributed by atoms with E-state index < -0.39 is 0 Å². The van der Waals surface area contributed by atoms with Crippen molar-refractivity contribution in [2.45, 2.75) is 13.5 Å². The maximum atomic E-state index is 12.7. The van der Waals surface area contributed by atoms with Gasteiger partial charge >= 0.3 is 0 Å². The van der Waals surface area contributed by atoms with Crippen molar-refractivity contribution in [1.29, 1.82) is 0 Å². The van der Waals surface area contributed by atoms with Crippen molar-refractivity contribution >= 4 is 11.7 Å². The number of hydrogen-bond acceptors (Lipinski definition) is 6. The SMILES string of the molecule is CCN1CCN(C(=O)c2ccc(N3CCN(Cc4ccccc4)CC3)nn2)CC1. The fourth-order valence-electron chi connectivity index (χ4n) is 4.01. The monoisotopic (exact) mass is 394 g/mol. The summed E-state index contributed by atoms with van der Waals surface area (Å²) in [7, 11) is 0. The number of piperazine rings is 2. The Morgan fingerprint density at radius 1 is 0.828 bits per heavy atom. The number of benzene rings is 1. The van der Waals surface area contributed by atoms with Crippen LogP contribution in [0.2, 0.25) is 0 Å². The summed E-state index contributed by atoms with van der Waals surface area (Å²) < 4.78 is 0. The molecule has 0 bridgehead atoms. The lowest BCUT2D eigenvalue weighted by Gasteiger charge is -2.35.